The monoisotopic (exact) mass is 425 g/mol. The third-order valence-corrected chi connectivity index (χ3v) is 5.05. The Morgan fingerprint density at radius 2 is 1.75 bits per heavy atom. The SMILES string of the molecule is COc1cnc(-c2ccc3nc(-c4cccnc4N)n(-c4ccc(CO)cc4)c3n2)nc1. The second kappa shape index (κ2) is 8.05. The summed E-state index contributed by atoms with van der Waals surface area (Å²) < 4.78 is 7.05. The average molecular weight is 425 g/mol. The van der Waals surface area contributed by atoms with Crippen LogP contribution in [0.1, 0.15) is 5.56 Å². The minimum absolute atomic E-state index is 0.0371. The summed E-state index contributed by atoms with van der Waals surface area (Å²) in [5, 5.41) is 9.42. The Morgan fingerprint density at radius 1 is 0.969 bits per heavy atom. The molecule has 0 unspecified atom stereocenters. The molecular weight excluding hydrogens is 406 g/mol. The van der Waals surface area contributed by atoms with Crippen molar-refractivity contribution in [1.82, 2.24) is 29.5 Å². The number of rotatable bonds is 5. The summed E-state index contributed by atoms with van der Waals surface area (Å²) in [5.74, 6) is 2.02. The van der Waals surface area contributed by atoms with Crippen molar-refractivity contribution >= 4 is 17.0 Å². The predicted molar refractivity (Wildman–Crippen MR) is 120 cm³/mol. The number of nitrogen functional groups attached to an aromatic ring is 1. The summed E-state index contributed by atoms with van der Waals surface area (Å²) in [6.07, 6.45) is 4.83. The number of aliphatic hydroxyl groups is 1. The van der Waals surface area contributed by atoms with Gasteiger partial charge in [-0.25, -0.2) is 24.9 Å². The number of pyridine rings is 2. The number of methoxy groups -OCH3 is 1. The highest BCUT2D eigenvalue weighted by Gasteiger charge is 2.19. The number of anilines is 1. The van der Waals surface area contributed by atoms with Crippen LogP contribution in [0.3, 0.4) is 0 Å². The van der Waals surface area contributed by atoms with E-state index in [4.69, 9.17) is 20.4 Å². The van der Waals surface area contributed by atoms with E-state index in [9.17, 15) is 5.11 Å². The van der Waals surface area contributed by atoms with Crippen LogP contribution < -0.4 is 10.5 Å². The molecule has 4 aromatic heterocycles. The van der Waals surface area contributed by atoms with E-state index < -0.39 is 0 Å². The highest BCUT2D eigenvalue weighted by molar-refractivity contribution is 5.84. The third kappa shape index (κ3) is 3.40. The molecule has 0 aliphatic carbocycles. The van der Waals surface area contributed by atoms with E-state index in [-0.39, 0.29) is 6.61 Å². The smallest absolute Gasteiger partial charge is 0.178 e. The summed E-state index contributed by atoms with van der Waals surface area (Å²) in [6, 6.07) is 14.9. The molecule has 0 atom stereocenters. The lowest BCUT2D eigenvalue weighted by molar-refractivity contribution is 0.282. The standard InChI is InChI=1S/C23H19N7O2/c1-32-16-11-26-21(27-12-16)18-8-9-19-23(28-18)30(15-6-4-14(13-31)5-7-15)22(29-19)17-3-2-10-25-20(17)24/h2-12,31H,13H2,1H3,(H2,24,25). The van der Waals surface area contributed by atoms with Crippen LogP contribution in [-0.2, 0) is 6.61 Å². The number of hydrogen-bond donors (Lipinski definition) is 2. The van der Waals surface area contributed by atoms with Crippen LogP contribution in [0.2, 0.25) is 0 Å². The predicted octanol–water partition coefficient (Wildman–Crippen LogP) is 3.02. The summed E-state index contributed by atoms with van der Waals surface area (Å²) in [5.41, 5.74) is 10.4. The van der Waals surface area contributed by atoms with Crippen molar-refractivity contribution in [2.24, 2.45) is 0 Å². The van der Waals surface area contributed by atoms with Crippen molar-refractivity contribution in [3.8, 4) is 34.3 Å². The molecule has 0 saturated carbocycles. The van der Waals surface area contributed by atoms with Crippen LogP contribution in [0.25, 0.3) is 39.8 Å². The largest absolute Gasteiger partial charge is 0.494 e. The fraction of sp³-hybridized carbons (Fsp3) is 0.0870. The maximum absolute atomic E-state index is 9.42. The van der Waals surface area contributed by atoms with Crippen molar-refractivity contribution in [3.05, 3.63) is 72.7 Å². The molecule has 0 aliphatic rings. The number of aliphatic hydroxyl groups excluding tert-OH is 1. The van der Waals surface area contributed by atoms with Crippen molar-refractivity contribution in [2.75, 3.05) is 12.8 Å². The van der Waals surface area contributed by atoms with Gasteiger partial charge in [0, 0.05) is 11.9 Å². The number of aromatic nitrogens is 6. The lowest BCUT2D eigenvalue weighted by atomic mass is 10.2. The number of ether oxygens (including phenoxy) is 1. The van der Waals surface area contributed by atoms with Gasteiger partial charge >= 0.3 is 0 Å². The van der Waals surface area contributed by atoms with E-state index in [1.54, 1.807) is 25.7 Å². The second-order valence-corrected chi connectivity index (χ2v) is 7.02. The van der Waals surface area contributed by atoms with E-state index in [1.165, 1.54) is 0 Å². The van der Waals surface area contributed by atoms with Crippen LogP contribution in [0.4, 0.5) is 5.82 Å². The molecular formula is C23H19N7O2. The Kier molecular flexibility index (Phi) is 4.92. The lowest BCUT2D eigenvalue weighted by Gasteiger charge is -2.11. The fourth-order valence-corrected chi connectivity index (χ4v) is 3.42. The maximum Gasteiger partial charge on any atom is 0.178 e. The van der Waals surface area contributed by atoms with Crippen LogP contribution in [-0.4, -0.2) is 41.7 Å². The van der Waals surface area contributed by atoms with Gasteiger partial charge in [0.1, 0.15) is 17.0 Å². The van der Waals surface area contributed by atoms with Crippen molar-refractivity contribution in [1.29, 1.82) is 0 Å². The van der Waals surface area contributed by atoms with Gasteiger partial charge in [-0.15, -0.1) is 0 Å². The first-order valence-corrected chi connectivity index (χ1v) is 9.85. The number of nitrogens with two attached hydrogens (primary N) is 1. The molecule has 0 amide bonds. The first-order valence-electron chi connectivity index (χ1n) is 9.85. The van der Waals surface area contributed by atoms with E-state index in [0.29, 0.717) is 45.6 Å². The minimum Gasteiger partial charge on any atom is -0.494 e. The minimum atomic E-state index is -0.0371. The van der Waals surface area contributed by atoms with Gasteiger partial charge in [-0.1, -0.05) is 12.1 Å². The molecule has 0 bridgehead atoms. The molecule has 0 spiro atoms. The molecule has 0 aliphatic heterocycles. The zero-order chi connectivity index (χ0) is 22.1. The van der Waals surface area contributed by atoms with E-state index in [1.807, 2.05) is 53.1 Å². The summed E-state index contributed by atoms with van der Waals surface area (Å²) >= 11 is 0. The lowest BCUT2D eigenvalue weighted by Crippen LogP contribution is -2.02. The molecule has 4 heterocycles. The van der Waals surface area contributed by atoms with Gasteiger partial charge in [0.15, 0.2) is 23.0 Å². The van der Waals surface area contributed by atoms with Gasteiger partial charge < -0.3 is 15.6 Å². The molecule has 3 N–H and O–H groups in total. The summed E-state index contributed by atoms with van der Waals surface area (Å²) in [6.45, 7) is -0.0371. The van der Waals surface area contributed by atoms with E-state index in [2.05, 4.69) is 15.0 Å². The Balaban J connectivity index is 1.74. The zero-order valence-corrected chi connectivity index (χ0v) is 17.2. The first-order chi connectivity index (χ1) is 15.7. The second-order valence-electron chi connectivity index (χ2n) is 7.02. The molecule has 5 aromatic rings. The molecule has 0 saturated heterocycles. The van der Waals surface area contributed by atoms with Crippen LogP contribution in [0.15, 0.2) is 67.1 Å². The molecule has 158 valence electrons. The Morgan fingerprint density at radius 3 is 2.44 bits per heavy atom. The average Bonchev–Trinajstić information content (AvgIpc) is 3.23. The molecule has 9 heteroatoms. The van der Waals surface area contributed by atoms with Gasteiger partial charge in [-0.05, 0) is 42.0 Å². The molecule has 9 nitrogen and oxygen atoms in total. The van der Waals surface area contributed by atoms with Crippen molar-refractivity contribution in [3.63, 3.8) is 0 Å². The van der Waals surface area contributed by atoms with Crippen molar-refractivity contribution < 1.29 is 9.84 Å². The van der Waals surface area contributed by atoms with Crippen LogP contribution in [0, 0.1) is 0 Å². The van der Waals surface area contributed by atoms with Crippen molar-refractivity contribution in [2.45, 2.75) is 6.61 Å². The highest BCUT2D eigenvalue weighted by Crippen LogP contribution is 2.31. The first kappa shape index (κ1) is 19.6. The summed E-state index contributed by atoms with van der Waals surface area (Å²) in [7, 11) is 1.56. The Hall–Kier alpha value is -4.37. The molecule has 5 rings (SSSR count). The van der Waals surface area contributed by atoms with Gasteiger partial charge in [0.25, 0.3) is 0 Å². The van der Waals surface area contributed by atoms with E-state index >= 15 is 0 Å². The van der Waals surface area contributed by atoms with Gasteiger partial charge in [0.05, 0.1) is 31.7 Å². The number of hydrogen-bond acceptors (Lipinski definition) is 8. The molecule has 32 heavy (non-hydrogen) atoms. The van der Waals surface area contributed by atoms with Gasteiger partial charge in [-0.3, -0.25) is 4.57 Å². The number of benzene rings is 1. The Labute approximate surface area is 183 Å². The number of imidazole rings is 1. The van der Waals surface area contributed by atoms with E-state index in [0.717, 1.165) is 11.3 Å². The zero-order valence-electron chi connectivity index (χ0n) is 17.2. The van der Waals surface area contributed by atoms with Gasteiger partial charge in [-0.2, -0.15) is 0 Å². The third-order valence-electron chi connectivity index (χ3n) is 5.05. The normalized spacial score (nSPS) is 11.1. The summed E-state index contributed by atoms with van der Waals surface area (Å²) in [4.78, 5) is 22.5. The van der Waals surface area contributed by atoms with Crippen LogP contribution in [0.5, 0.6) is 5.75 Å². The quantitative estimate of drug-likeness (QED) is 0.440. The maximum atomic E-state index is 9.42. The molecule has 0 fully saturated rings. The van der Waals surface area contributed by atoms with Gasteiger partial charge in [0.2, 0.25) is 0 Å². The van der Waals surface area contributed by atoms with Crippen LogP contribution >= 0.6 is 0 Å². The molecule has 0 radical (unpaired) electrons. The topological polar surface area (TPSA) is 125 Å². The Bertz CT molecular complexity index is 1400. The number of nitrogens with zero attached hydrogens (tertiary/aromatic N) is 6. The fourth-order valence-electron chi connectivity index (χ4n) is 3.42. The highest BCUT2D eigenvalue weighted by atomic mass is 16.5. The molecule has 1 aromatic carbocycles. The number of fused-ring (bicyclic) bond motifs is 1.